The number of aldehydes is 1. The zero-order chi connectivity index (χ0) is 25.6. The first-order chi connectivity index (χ1) is 15.0. The molecule has 0 bridgehead atoms. The lowest BCUT2D eigenvalue weighted by Crippen LogP contribution is -2.46. The van der Waals surface area contributed by atoms with E-state index in [-0.39, 0.29) is 23.8 Å². The van der Waals surface area contributed by atoms with Crippen LogP contribution in [0.25, 0.3) is 0 Å². The molecule has 1 aliphatic rings. The van der Waals surface area contributed by atoms with Gasteiger partial charge in [-0.1, -0.05) is 33.8 Å². The van der Waals surface area contributed by atoms with E-state index >= 15 is 0 Å². The van der Waals surface area contributed by atoms with Crippen LogP contribution in [0.15, 0.2) is 23.8 Å². The molecule has 0 saturated heterocycles. The molecule has 0 saturated carbocycles. The molecule has 0 radical (unpaired) electrons. The summed E-state index contributed by atoms with van der Waals surface area (Å²) < 4.78 is 17.8. The first kappa shape index (κ1) is 29.3. The van der Waals surface area contributed by atoms with Crippen LogP contribution >= 0.6 is 0 Å². The summed E-state index contributed by atoms with van der Waals surface area (Å²) in [6.07, 6.45) is 4.09. The zero-order valence-corrected chi connectivity index (χ0v) is 22.6. The Kier molecular flexibility index (Phi) is 10.3. The van der Waals surface area contributed by atoms with Gasteiger partial charge < -0.3 is 19.0 Å². The van der Waals surface area contributed by atoms with Crippen LogP contribution in [0.1, 0.15) is 67.7 Å². The summed E-state index contributed by atoms with van der Waals surface area (Å²) >= 11 is 0. The number of aliphatic hydroxyl groups is 1. The largest absolute Gasteiger partial charge is 0.457 e. The molecule has 0 aliphatic carbocycles. The molecule has 7 nitrogen and oxygen atoms in total. The van der Waals surface area contributed by atoms with Crippen molar-refractivity contribution in [2.45, 2.75) is 110 Å². The molecule has 5 atom stereocenters. The molecule has 8 heteroatoms. The van der Waals surface area contributed by atoms with Crippen molar-refractivity contribution in [2.24, 2.45) is 5.92 Å². The van der Waals surface area contributed by atoms with E-state index in [1.807, 2.05) is 6.92 Å². The lowest BCUT2D eigenvalue weighted by Gasteiger charge is -2.40. The molecule has 0 unspecified atom stereocenters. The van der Waals surface area contributed by atoms with Crippen molar-refractivity contribution in [3.63, 3.8) is 0 Å². The molecule has 1 aliphatic heterocycles. The molecule has 0 fully saturated rings. The Labute approximate surface area is 199 Å². The van der Waals surface area contributed by atoms with Gasteiger partial charge in [0, 0.05) is 12.8 Å². The molecule has 1 heterocycles. The predicted octanol–water partition coefficient (Wildman–Crippen LogP) is 4.49. The second-order valence-corrected chi connectivity index (χ2v) is 15.6. The van der Waals surface area contributed by atoms with Crippen molar-refractivity contribution in [3.8, 4) is 0 Å². The number of hydrogen-bond donors (Lipinski definition) is 1. The summed E-state index contributed by atoms with van der Waals surface area (Å²) in [6, 6.07) is 0. The second kappa shape index (κ2) is 11.6. The normalized spacial score (nSPS) is 31.6. The molecule has 0 aromatic rings. The van der Waals surface area contributed by atoms with Gasteiger partial charge in [-0.05, 0) is 62.5 Å². The van der Waals surface area contributed by atoms with E-state index in [0.717, 1.165) is 0 Å². The van der Waals surface area contributed by atoms with Gasteiger partial charge in [0.2, 0.25) is 0 Å². The lowest BCUT2D eigenvalue weighted by atomic mass is 9.89. The highest BCUT2D eigenvalue weighted by molar-refractivity contribution is 6.74. The van der Waals surface area contributed by atoms with E-state index in [1.165, 1.54) is 13.0 Å². The van der Waals surface area contributed by atoms with E-state index in [9.17, 15) is 19.5 Å². The van der Waals surface area contributed by atoms with E-state index in [4.69, 9.17) is 13.9 Å². The van der Waals surface area contributed by atoms with E-state index in [1.54, 1.807) is 26.0 Å². The van der Waals surface area contributed by atoms with Crippen LogP contribution < -0.4 is 0 Å². The van der Waals surface area contributed by atoms with Crippen molar-refractivity contribution in [1.29, 1.82) is 0 Å². The number of rotatable bonds is 5. The average molecular weight is 483 g/mol. The van der Waals surface area contributed by atoms with Gasteiger partial charge in [0.25, 0.3) is 0 Å². The SMILES string of the molecule is CC(=O)O[C@H]1/C=C/[C@H](C)[C@@H](/C(C)=C/C=O)OC(=O)C[C@H](O[Si](C)(C)C(C)(C)C)CC[C@@]1(C)O. The number of carbonyl (C=O) groups is 3. The smallest absolute Gasteiger partial charge is 0.308 e. The first-order valence-corrected chi connectivity index (χ1v) is 14.5. The Balaban J connectivity index is 3.41. The third kappa shape index (κ3) is 8.83. The van der Waals surface area contributed by atoms with Gasteiger partial charge in [-0.15, -0.1) is 0 Å². The van der Waals surface area contributed by atoms with Crippen molar-refractivity contribution < 1.29 is 33.4 Å². The van der Waals surface area contributed by atoms with Gasteiger partial charge in [0.05, 0.1) is 12.5 Å². The zero-order valence-electron chi connectivity index (χ0n) is 21.6. The van der Waals surface area contributed by atoms with Crippen molar-refractivity contribution >= 4 is 26.5 Å². The van der Waals surface area contributed by atoms with Crippen LogP contribution in [-0.2, 0) is 28.3 Å². The van der Waals surface area contributed by atoms with Crippen LogP contribution in [-0.4, -0.2) is 55.6 Å². The average Bonchev–Trinajstić information content (AvgIpc) is 2.65. The maximum atomic E-state index is 12.9. The fourth-order valence-electron chi connectivity index (χ4n) is 3.51. The monoisotopic (exact) mass is 482 g/mol. The molecule has 0 amide bonds. The quantitative estimate of drug-likeness (QED) is 0.203. The third-order valence-electron chi connectivity index (χ3n) is 6.65. The molecule has 1 rings (SSSR count). The van der Waals surface area contributed by atoms with E-state index in [0.29, 0.717) is 18.3 Å². The summed E-state index contributed by atoms with van der Waals surface area (Å²) in [4.78, 5) is 35.7. The first-order valence-electron chi connectivity index (χ1n) is 11.6. The Morgan fingerprint density at radius 2 is 1.88 bits per heavy atom. The lowest BCUT2D eigenvalue weighted by molar-refractivity contribution is -0.157. The Morgan fingerprint density at radius 3 is 2.39 bits per heavy atom. The van der Waals surface area contributed by atoms with Crippen molar-refractivity contribution in [1.82, 2.24) is 0 Å². The van der Waals surface area contributed by atoms with Crippen LogP contribution in [0, 0.1) is 5.92 Å². The van der Waals surface area contributed by atoms with Gasteiger partial charge in [-0.2, -0.15) is 0 Å². The standard InChI is InChI=1S/C25H42O7Si/c1-17-10-11-21(30-19(3)27)25(7,29)14-12-20(32-33(8,9)24(4,5)6)16-22(28)31-23(17)18(2)13-15-26/h10-11,13,15,17,20-21,23,29H,12,14,16H2,1-9H3/b11-10+,18-13+/t17-,20+,21-,23-,25+/m0/s1. The molecule has 0 aromatic carbocycles. The Hall–Kier alpha value is -1.77. The topological polar surface area (TPSA) is 99.1 Å². The van der Waals surface area contributed by atoms with Crippen molar-refractivity contribution in [3.05, 3.63) is 23.8 Å². The molecule has 188 valence electrons. The van der Waals surface area contributed by atoms with Crippen LogP contribution in [0.4, 0.5) is 0 Å². The van der Waals surface area contributed by atoms with Crippen LogP contribution in [0.2, 0.25) is 18.1 Å². The highest BCUT2D eigenvalue weighted by atomic mass is 28.4. The van der Waals surface area contributed by atoms with Crippen LogP contribution in [0.3, 0.4) is 0 Å². The van der Waals surface area contributed by atoms with Gasteiger partial charge in [-0.25, -0.2) is 0 Å². The highest BCUT2D eigenvalue weighted by Gasteiger charge is 2.41. The van der Waals surface area contributed by atoms with Crippen molar-refractivity contribution in [2.75, 3.05) is 0 Å². The fourth-order valence-corrected chi connectivity index (χ4v) is 4.90. The summed E-state index contributed by atoms with van der Waals surface area (Å²) in [5, 5.41) is 11.1. The molecule has 0 spiro atoms. The Morgan fingerprint density at radius 1 is 1.27 bits per heavy atom. The number of hydrogen-bond acceptors (Lipinski definition) is 7. The molecular weight excluding hydrogens is 440 g/mol. The van der Waals surface area contributed by atoms with Gasteiger partial charge in [0.15, 0.2) is 8.32 Å². The summed E-state index contributed by atoms with van der Waals surface area (Å²) in [5.41, 5.74) is -0.756. The van der Waals surface area contributed by atoms with Gasteiger partial charge >= 0.3 is 11.9 Å². The Bertz CT molecular complexity index is 761. The van der Waals surface area contributed by atoms with Gasteiger partial charge in [0.1, 0.15) is 24.1 Å². The van der Waals surface area contributed by atoms with Gasteiger partial charge in [-0.3, -0.25) is 14.4 Å². The summed E-state index contributed by atoms with van der Waals surface area (Å²) in [6.45, 7) is 17.1. The number of ether oxygens (including phenoxy) is 2. The minimum Gasteiger partial charge on any atom is -0.457 e. The number of esters is 2. The van der Waals surface area contributed by atoms with E-state index in [2.05, 4.69) is 33.9 Å². The predicted molar refractivity (Wildman–Crippen MR) is 130 cm³/mol. The molecule has 0 aromatic heterocycles. The minimum absolute atomic E-state index is 0.0299. The third-order valence-corrected chi connectivity index (χ3v) is 11.2. The number of cyclic esters (lactones) is 1. The highest BCUT2D eigenvalue weighted by Crippen LogP contribution is 2.39. The summed E-state index contributed by atoms with van der Waals surface area (Å²) in [7, 11) is -2.21. The number of allylic oxidation sites excluding steroid dienone is 1. The van der Waals surface area contributed by atoms with Crippen LogP contribution in [0.5, 0.6) is 0 Å². The molecular formula is C25H42O7Si. The summed E-state index contributed by atoms with van der Waals surface area (Å²) in [5.74, 6) is -1.24. The number of carbonyl (C=O) groups excluding carboxylic acids is 3. The molecule has 33 heavy (non-hydrogen) atoms. The second-order valence-electron chi connectivity index (χ2n) is 10.8. The maximum absolute atomic E-state index is 12.9. The fraction of sp³-hybridized carbons (Fsp3) is 0.720. The molecule has 1 N–H and O–H groups in total. The van der Waals surface area contributed by atoms with E-state index < -0.39 is 44.2 Å². The minimum atomic E-state index is -2.21. The maximum Gasteiger partial charge on any atom is 0.308 e.